The highest BCUT2D eigenvalue weighted by atomic mass is 28.4. The van der Waals surface area contributed by atoms with Crippen LogP contribution in [0.4, 0.5) is 5.95 Å². The Morgan fingerprint density at radius 1 is 1.57 bits per heavy atom. The molecule has 23 heavy (non-hydrogen) atoms. The van der Waals surface area contributed by atoms with Gasteiger partial charge >= 0.3 is 0 Å². The number of H-pyrrole nitrogens is 1. The van der Waals surface area contributed by atoms with Gasteiger partial charge in [-0.05, 0) is 30.6 Å². The van der Waals surface area contributed by atoms with Crippen LogP contribution in [0.25, 0.3) is 11.2 Å². The quantitative estimate of drug-likeness (QED) is 0.474. The number of anilines is 1. The Morgan fingerprint density at radius 3 is 2.83 bits per heavy atom. The van der Waals surface area contributed by atoms with E-state index in [1.54, 1.807) is 10.9 Å². The molecular formula is C14H21N5O3Si. The number of hydrogen-bond acceptors (Lipinski definition) is 6. The topological polar surface area (TPSA) is 130 Å². The maximum atomic E-state index is 11.9. The fourth-order valence-electron chi connectivity index (χ4n) is 3.55. The number of nitrogens with one attached hydrogen (secondary N) is 1. The molecule has 2 aromatic heterocycles. The smallest absolute Gasteiger partial charge is 0.280 e. The van der Waals surface area contributed by atoms with Gasteiger partial charge in [0.05, 0.1) is 12.4 Å². The van der Waals surface area contributed by atoms with E-state index in [0.29, 0.717) is 12.1 Å². The third-order valence-corrected chi connectivity index (χ3v) is 7.21. The number of imidazole rings is 1. The molecule has 0 spiro atoms. The Kier molecular flexibility index (Phi) is 3.66. The van der Waals surface area contributed by atoms with E-state index in [0.717, 1.165) is 5.57 Å². The lowest BCUT2D eigenvalue weighted by Gasteiger charge is -2.27. The zero-order valence-electron chi connectivity index (χ0n) is 13.2. The summed E-state index contributed by atoms with van der Waals surface area (Å²) in [6, 6.07) is -0.172. The number of aliphatic hydroxyl groups is 1. The van der Waals surface area contributed by atoms with Crippen LogP contribution in [0.15, 0.2) is 23.3 Å². The molecule has 1 aliphatic carbocycles. The van der Waals surface area contributed by atoms with Gasteiger partial charge in [-0.2, -0.15) is 4.98 Å². The van der Waals surface area contributed by atoms with Gasteiger partial charge in [-0.15, -0.1) is 0 Å². The molecule has 5 N–H and O–H groups in total. The van der Waals surface area contributed by atoms with Gasteiger partial charge in [-0.1, -0.05) is 6.58 Å². The van der Waals surface area contributed by atoms with Crippen molar-refractivity contribution in [2.24, 2.45) is 5.92 Å². The number of aromatic nitrogens is 4. The zero-order chi connectivity index (χ0) is 16.9. The van der Waals surface area contributed by atoms with Crippen molar-refractivity contribution in [1.82, 2.24) is 19.5 Å². The molecule has 0 unspecified atom stereocenters. The van der Waals surface area contributed by atoms with Gasteiger partial charge in [0.25, 0.3) is 5.56 Å². The minimum atomic E-state index is -2.46. The first-order valence-electron chi connectivity index (χ1n) is 7.48. The molecule has 2 aromatic rings. The summed E-state index contributed by atoms with van der Waals surface area (Å²) in [5.41, 5.74) is 6.67. The highest BCUT2D eigenvalue weighted by molar-refractivity contribution is 6.71. The van der Waals surface area contributed by atoms with E-state index in [-0.39, 0.29) is 41.1 Å². The molecule has 124 valence electrons. The van der Waals surface area contributed by atoms with Crippen molar-refractivity contribution in [1.29, 1.82) is 0 Å². The summed E-state index contributed by atoms with van der Waals surface area (Å²) in [6.07, 6.45) is 2.19. The third-order valence-electron chi connectivity index (χ3n) is 4.76. The Balaban J connectivity index is 2.09. The van der Waals surface area contributed by atoms with Gasteiger partial charge in [0.1, 0.15) is 0 Å². The van der Waals surface area contributed by atoms with Gasteiger partial charge < -0.3 is 20.2 Å². The number of nitrogen functional groups attached to an aromatic ring is 1. The number of hydrogen-bond donors (Lipinski definition) is 4. The third kappa shape index (κ3) is 2.50. The molecule has 8 nitrogen and oxygen atoms in total. The summed E-state index contributed by atoms with van der Waals surface area (Å²) in [6.45, 7) is 7.79. The molecule has 1 saturated carbocycles. The summed E-state index contributed by atoms with van der Waals surface area (Å²) in [5.74, 6) is -0.136. The van der Waals surface area contributed by atoms with E-state index < -0.39 is 8.32 Å². The van der Waals surface area contributed by atoms with Crippen LogP contribution >= 0.6 is 0 Å². The van der Waals surface area contributed by atoms with Gasteiger partial charge in [-0.25, -0.2) is 4.98 Å². The summed E-state index contributed by atoms with van der Waals surface area (Å²) >= 11 is 0. The average Bonchev–Trinajstić information content (AvgIpc) is 2.99. The largest absolute Gasteiger partial charge is 0.432 e. The van der Waals surface area contributed by atoms with Gasteiger partial charge in [0.2, 0.25) is 5.95 Å². The van der Waals surface area contributed by atoms with Gasteiger partial charge in [-0.3, -0.25) is 9.78 Å². The summed E-state index contributed by atoms with van der Waals surface area (Å²) in [7, 11) is -2.46. The van der Waals surface area contributed by atoms with E-state index in [4.69, 9.17) is 5.73 Å². The van der Waals surface area contributed by atoms with Crippen LogP contribution in [0.5, 0.6) is 0 Å². The fraction of sp³-hybridized carbons (Fsp3) is 0.500. The molecule has 0 aromatic carbocycles. The maximum absolute atomic E-state index is 11.9. The van der Waals surface area contributed by atoms with Crippen LogP contribution < -0.4 is 11.3 Å². The predicted octanol–water partition coefficient (Wildman–Crippen LogP) is 0.379. The van der Waals surface area contributed by atoms with Crippen LogP contribution in [0, 0.1) is 5.92 Å². The average molecular weight is 335 g/mol. The van der Waals surface area contributed by atoms with E-state index in [1.165, 1.54) is 0 Å². The van der Waals surface area contributed by atoms with Gasteiger partial charge in [0, 0.05) is 12.5 Å². The van der Waals surface area contributed by atoms with Crippen molar-refractivity contribution in [3.8, 4) is 0 Å². The van der Waals surface area contributed by atoms with Crippen molar-refractivity contribution in [3.05, 3.63) is 28.8 Å². The summed E-state index contributed by atoms with van der Waals surface area (Å²) in [5, 5.41) is 9.72. The van der Waals surface area contributed by atoms with Crippen molar-refractivity contribution < 1.29 is 9.90 Å². The first kappa shape index (κ1) is 15.9. The molecule has 9 heteroatoms. The van der Waals surface area contributed by atoms with Crippen LogP contribution in [0.1, 0.15) is 12.5 Å². The van der Waals surface area contributed by atoms with Crippen LogP contribution in [-0.2, 0) is 0 Å². The van der Waals surface area contributed by atoms with E-state index in [9.17, 15) is 14.7 Å². The number of aromatic amines is 1. The highest BCUT2D eigenvalue weighted by Gasteiger charge is 2.46. The van der Waals surface area contributed by atoms with E-state index >= 15 is 0 Å². The molecular weight excluding hydrogens is 314 g/mol. The number of rotatable bonds is 3. The second kappa shape index (κ2) is 5.29. The number of aliphatic hydroxyl groups excluding tert-OH is 1. The number of fused-ring (bicyclic) bond motifs is 1. The molecule has 3 rings (SSSR count). The number of nitrogens with zero attached hydrogens (tertiary/aromatic N) is 3. The van der Waals surface area contributed by atoms with Crippen molar-refractivity contribution in [2.45, 2.75) is 31.1 Å². The molecule has 0 amide bonds. The molecule has 0 saturated heterocycles. The van der Waals surface area contributed by atoms with Crippen LogP contribution in [-0.4, -0.2) is 44.3 Å². The lowest BCUT2D eigenvalue weighted by Crippen LogP contribution is -2.35. The standard InChI is InChI=1S/C14H21N5O3Si/c1-7-8(5-20)10(23(2,3)22)4-9(7)19-6-16-11-12(19)17-14(15)18-13(11)21/h6,8-10,20,22H,1,4-5H2,2-3H3,(H3,15,17,18,21)/t8-,9-,10-/m0/s1. The van der Waals surface area contributed by atoms with Crippen LogP contribution in [0.3, 0.4) is 0 Å². The summed E-state index contributed by atoms with van der Waals surface area (Å²) < 4.78 is 1.77. The zero-order valence-corrected chi connectivity index (χ0v) is 14.2. The summed E-state index contributed by atoms with van der Waals surface area (Å²) in [4.78, 5) is 33.2. The van der Waals surface area contributed by atoms with Gasteiger partial charge in [0.15, 0.2) is 19.5 Å². The Hall–Kier alpha value is -1.97. The molecule has 1 fully saturated rings. The Labute approximate surface area is 133 Å². The Bertz CT molecular complexity index is 822. The maximum Gasteiger partial charge on any atom is 0.280 e. The monoisotopic (exact) mass is 335 g/mol. The normalized spacial score (nSPS) is 25.4. The van der Waals surface area contributed by atoms with Crippen molar-refractivity contribution >= 4 is 25.4 Å². The molecule has 2 heterocycles. The van der Waals surface area contributed by atoms with Crippen molar-refractivity contribution in [2.75, 3.05) is 12.3 Å². The Morgan fingerprint density at radius 2 is 2.26 bits per heavy atom. The lowest BCUT2D eigenvalue weighted by atomic mass is 10.0. The minimum Gasteiger partial charge on any atom is -0.432 e. The first-order chi connectivity index (χ1) is 10.7. The highest BCUT2D eigenvalue weighted by Crippen LogP contribution is 2.50. The lowest BCUT2D eigenvalue weighted by molar-refractivity contribution is 0.243. The first-order valence-corrected chi connectivity index (χ1v) is 10.5. The van der Waals surface area contributed by atoms with E-state index in [1.807, 2.05) is 13.1 Å². The second-order valence-electron chi connectivity index (χ2n) is 6.65. The SMILES string of the molecule is C=C1[C@H](CO)[C@@H]([Si](C)(C)O)C[C@@H]1n1cnc2c(=O)[nH]c(N)nc21. The number of nitrogens with two attached hydrogens (primary N) is 1. The molecule has 1 aliphatic rings. The fourth-order valence-corrected chi connectivity index (χ4v) is 5.65. The van der Waals surface area contributed by atoms with E-state index in [2.05, 4.69) is 21.5 Å². The molecule has 3 atom stereocenters. The van der Waals surface area contributed by atoms with Crippen molar-refractivity contribution in [3.63, 3.8) is 0 Å². The second-order valence-corrected chi connectivity index (χ2v) is 10.7. The predicted molar refractivity (Wildman–Crippen MR) is 89.4 cm³/mol. The molecule has 0 bridgehead atoms. The molecule has 0 radical (unpaired) electrons. The molecule has 0 aliphatic heterocycles. The minimum absolute atomic E-state index is 0.0122. The van der Waals surface area contributed by atoms with Crippen LogP contribution in [0.2, 0.25) is 18.6 Å².